The zero-order chi connectivity index (χ0) is 13.0. The fourth-order valence-electron chi connectivity index (χ4n) is 2.57. The molecule has 1 aliphatic heterocycles. The number of rotatable bonds is 3. The van der Waals surface area contributed by atoms with Crippen LogP contribution in [-0.2, 0) is 14.9 Å². The number of piperidine rings is 1. The highest BCUT2D eigenvalue weighted by molar-refractivity contribution is 5.84. The van der Waals surface area contributed by atoms with Crippen molar-refractivity contribution in [2.24, 2.45) is 0 Å². The van der Waals surface area contributed by atoms with Crippen molar-refractivity contribution in [2.75, 3.05) is 19.7 Å². The lowest BCUT2D eigenvalue weighted by atomic mass is 9.74. The molecule has 1 unspecified atom stereocenters. The van der Waals surface area contributed by atoms with Gasteiger partial charge >= 0.3 is 5.97 Å². The maximum absolute atomic E-state index is 12.3. The van der Waals surface area contributed by atoms with Crippen molar-refractivity contribution in [3.8, 4) is 5.75 Å². The van der Waals surface area contributed by atoms with Crippen molar-refractivity contribution in [2.45, 2.75) is 25.2 Å². The molecule has 0 saturated carbocycles. The summed E-state index contributed by atoms with van der Waals surface area (Å²) in [5.41, 5.74) is -0.0878. The molecule has 0 spiro atoms. The second-order valence-electron chi connectivity index (χ2n) is 4.60. The first kappa shape index (κ1) is 12.9. The average Bonchev–Trinajstić information content (AvgIpc) is 2.40. The first-order valence-electron chi connectivity index (χ1n) is 6.37. The second-order valence-corrected chi connectivity index (χ2v) is 4.60. The van der Waals surface area contributed by atoms with Gasteiger partial charge in [-0.15, -0.1) is 0 Å². The zero-order valence-electron chi connectivity index (χ0n) is 10.6. The summed E-state index contributed by atoms with van der Waals surface area (Å²) in [4.78, 5) is 12.3. The molecule has 4 nitrogen and oxygen atoms in total. The minimum atomic E-state index is -0.750. The van der Waals surface area contributed by atoms with Crippen LogP contribution in [0.25, 0.3) is 0 Å². The molecule has 1 atom stereocenters. The molecule has 0 bridgehead atoms. The van der Waals surface area contributed by atoms with Crippen molar-refractivity contribution in [3.63, 3.8) is 0 Å². The maximum atomic E-state index is 12.3. The molecule has 0 aliphatic carbocycles. The van der Waals surface area contributed by atoms with Crippen LogP contribution in [0.1, 0.15) is 25.3 Å². The summed E-state index contributed by atoms with van der Waals surface area (Å²) in [6, 6.07) is 7.02. The molecule has 1 fully saturated rings. The van der Waals surface area contributed by atoms with E-state index in [1.54, 1.807) is 25.1 Å². The first-order chi connectivity index (χ1) is 8.70. The van der Waals surface area contributed by atoms with Gasteiger partial charge < -0.3 is 15.2 Å². The molecule has 4 heteroatoms. The summed E-state index contributed by atoms with van der Waals surface area (Å²) in [6.45, 7) is 3.57. The molecule has 0 amide bonds. The van der Waals surface area contributed by atoms with E-state index >= 15 is 0 Å². The number of phenols is 1. The van der Waals surface area contributed by atoms with E-state index in [1.807, 2.05) is 6.07 Å². The van der Waals surface area contributed by atoms with Crippen LogP contribution in [0.15, 0.2) is 24.3 Å². The van der Waals surface area contributed by atoms with E-state index in [0.29, 0.717) is 25.1 Å². The number of esters is 1. The number of aromatic hydroxyl groups is 1. The van der Waals surface area contributed by atoms with Gasteiger partial charge in [0, 0.05) is 12.1 Å². The van der Waals surface area contributed by atoms with Gasteiger partial charge in [0.1, 0.15) is 11.2 Å². The van der Waals surface area contributed by atoms with Crippen molar-refractivity contribution >= 4 is 5.97 Å². The van der Waals surface area contributed by atoms with Crippen molar-refractivity contribution < 1.29 is 14.6 Å². The summed E-state index contributed by atoms with van der Waals surface area (Å²) in [5, 5.41) is 13.2. The Morgan fingerprint density at radius 1 is 1.50 bits per heavy atom. The number of hydrogen-bond acceptors (Lipinski definition) is 4. The van der Waals surface area contributed by atoms with Crippen LogP contribution in [0.4, 0.5) is 0 Å². The van der Waals surface area contributed by atoms with Gasteiger partial charge in [-0.3, -0.25) is 4.79 Å². The molecule has 1 aromatic carbocycles. The van der Waals surface area contributed by atoms with E-state index in [1.165, 1.54) is 0 Å². The van der Waals surface area contributed by atoms with E-state index in [2.05, 4.69) is 5.32 Å². The van der Waals surface area contributed by atoms with Crippen molar-refractivity contribution in [1.82, 2.24) is 5.32 Å². The summed E-state index contributed by atoms with van der Waals surface area (Å²) in [7, 11) is 0. The highest BCUT2D eigenvalue weighted by Crippen LogP contribution is 2.37. The smallest absolute Gasteiger partial charge is 0.318 e. The normalized spacial score (nSPS) is 23.6. The summed E-state index contributed by atoms with van der Waals surface area (Å²) < 4.78 is 5.20. The molecular weight excluding hydrogens is 230 g/mol. The Hall–Kier alpha value is -1.55. The van der Waals surface area contributed by atoms with Crippen LogP contribution in [0.2, 0.25) is 0 Å². The van der Waals surface area contributed by atoms with Crippen LogP contribution in [0.5, 0.6) is 5.75 Å². The minimum absolute atomic E-state index is 0.161. The Labute approximate surface area is 107 Å². The molecule has 1 aliphatic rings. The highest BCUT2D eigenvalue weighted by atomic mass is 16.5. The van der Waals surface area contributed by atoms with Gasteiger partial charge in [0.05, 0.1) is 6.61 Å². The van der Waals surface area contributed by atoms with Crippen LogP contribution < -0.4 is 5.32 Å². The van der Waals surface area contributed by atoms with E-state index in [4.69, 9.17) is 4.74 Å². The Kier molecular flexibility index (Phi) is 3.87. The zero-order valence-corrected chi connectivity index (χ0v) is 10.6. The molecule has 0 radical (unpaired) electrons. The molecule has 18 heavy (non-hydrogen) atoms. The summed E-state index contributed by atoms with van der Waals surface area (Å²) >= 11 is 0. The van der Waals surface area contributed by atoms with Gasteiger partial charge in [0.15, 0.2) is 0 Å². The Morgan fingerprint density at radius 2 is 2.28 bits per heavy atom. The molecule has 98 valence electrons. The van der Waals surface area contributed by atoms with Gasteiger partial charge in [0.25, 0.3) is 0 Å². The fraction of sp³-hybridized carbons (Fsp3) is 0.500. The Bertz CT molecular complexity index is 425. The average molecular weight is 249 g/mol. The fourth-order valence-corrected chi connectivity index (χ4v) is 2.57. The van der Waals surface area contributed by atoms with Gasteiger partial charge in [0.2, 0.25) is 0 Å². The molecule has 1 heterocycles. The van der Waals surface area contributed by atoms with E-state index in [0.717, 1.165) is 13.0 Å². The molecular formula is C14H19NO3. The lowest BCUT2D eigenvalue weighted by Crippen LogP contribution is -2.49. The number of benzene rings is 1. The number of ether oxygens (including phenoxy) is 1. The Morgan fingerprint density at radius 3 is 2.89 bits per heavy atom. The van der Waals surface area contributed by atoms with Crippen LogP contribution in [0.3, 0.4) is 0 Å². The lowest BCUT2D eigenvalue weighted by molar-refractivity contribution is -0.151. The summed E-state index contributed by atoms with van der Waals surface area (Å²) in [6.07, 6.45) is 1.60. The molecule has 1 saturated heterocycles. The van der Waals surface area contributed by atoms with E-state index in [-0.39, 0.29) is 11.7 Å². The van der Waals surface area contributed by atoms with Gasteiger partial charge in [-0.1, -0.05) is 18.2 Å². The number of carbonyl (C=O) groups is 1. The van der Waals surface area contributed by atoms with E-state index < -0.39 is 5.41 Å². The minimum Gasteiger partial charge on any atom is -0.508 e. The van der Waals surface area contributed by atoms with Crippen LogP contribution in [0, 0.1) is 0 Å². The molecule has 2 rings (SSSR count). The molecule has 1 aromatic rings. The predicted molar refractivity (Wildman–Crippen MR) is 68.5 cm³/mol. The number of para-hydroxylation sites is 1. The van der Waals surface area contributed by atoms with Crippen LogP contribution in [-0.4, -0.2) is 30.8 Å². The third kappa shape index (κ3) is 2.20. The lowest BCUT2D eigenvalue weighted by Gasteiger charge is -2.36. The van der Waals surface area contributed by atoms with Crippen molar-refractivity contribution in [1.29, 1.82) is 0 Å². The van der Waals surface area contributed by atoms with Gasteiger partial charge in [-0.2, -0.15) is 0 Å². The largest absolute Gasteiger partial charge is 0.508 e. The molecule has 2 N–H and O–H groups in total. The first-order valence-corrected chi connectivity index (χ1v) is 6.37. The number of nitrogens with one attached hydrogen (secondary N) is 1. The second kappa shape index (κ2) is 5.40. The van der Waals surface area contributed by atoms with Crippen molar-refractivity contribution in [3.05, 3.63) is 29.8 Å². The SMILES string of the molecule is CCOC(=O)C1(c2ccccc2O)CCCNC1. The quantitative estimate of drug-likeness (QED) is 0.798. The predicted octanol–water partition coefficient (Wildman–Crippen LogP) is 1.58. The number of phenolic OH excluding ortho intramolecular Hbond substituents is 1. The third-order valence-electron chi connectivity index (χ3n) is 3.47. The highest BCUT2D eigenvalue weighted by Gasteiger charge is 2.44. The maximum Gasteiger partial charge on any atom is 0.318 e. The molecule has 0 aromatic heterocycles. The van der Waals surface area contributed by atoms with Gasteiger partial charge in [-0.25, -0.2) is 0 Å². The standard InChI is InChI=1S/C14H19NO3/c1-2-18-13(17)14(8-5-9-15-10-14)11-6-3-4-7-12(11)16/h3-4,6-7,15-16H,2,5,8-10H2,1H3. The Balaban J connectivity index is 2.41. The monoisotopic (exact) mass is 249 g/mol. The van der Waals surface area contributed by atoms with Gasteiger partial charge in [-0.05, 0) is 32.4 Å². The third-order valence-corrected chi connectivity index (χ3v) is 3.47. The summed E-state index contributed by atoms with van der Waals surface area (Å²) in [5.74, 6) is -0.0899. The number of hydrogen-bond donors (Lipinski definition) is 2. The topological polar surface area (TPSA) is 58.6 Å². The van der Waals surface area contributed by atoms with E-state index in [9.17, 15) is 9.90 Å². The van der Waals surface area contributed by atoms with Crippen LogP contribution >= 0.6 is 0 Å². The number of carbonyl (C=O) groups excluding carboxylic acids is 1.